The first-order valence-corrected chi connectivity index (χ1v) is 4.31. The zero-order valence-electron chi connectivity index (χ0n) is 5.49. The van der Waals surface area contributed by atoms with Crippen molar-refractivity contribution >= 4 is 7.60 Å². The van der Waals surface area contributed by atoms with Crippen LogP contribution in [-0.2, 0) is 4.57 Å². The second kappa shape index (κ2) is 2.97. The highest BCUT2D eigenvalue weighted by molar-refractivity contribution is 7.51. The largest absolute Gasteiger partial charge is 0.443 e. The summed E-state index contributed by atoms with van der Waals surface area (Å²) in [6, 6.07) is 0. The lowest BCUT2D eigenvalue weighted by molar-refractivity contribution is -0.338. The minimum Gasteiger partial charge on any atom is -0.358 e. The van der Waals surface area contributed by atoms with E-state index in [1.165, 1.54) is 0 Å². The molecule has 0 unspecified atom stereocenters. The fourth-order valence-corrected chi connectivity index (χ4v) is 1.13. The van der Waals surface area contributed by atoms with Crippen LogP contribution in [0.15, 0.2) is 0 Å². The van der Waals surface area contributed by atoms with E-state index in [1.54, 1.807) is 0 Å². The van der Waals surface area contributed by atoms with Gasteiger partial charge in [0.25, 0.3) is 5.79 Å². The van der Waals surface area contributed by atoms with Crippen LogP contribution in [0.3, 0.4) is 0 Å². The highest BCUT2D eigenvalue weighted by atomic mass is 31.2. The number of alkyl halides is 3. The Hall–Kier alpha value is -0.140. The van der Waals surface area contributed by atoms with Crippen LogP contribution in [0.25, 0.3) is 0 Å². The molecule has 0 aromatic heterocycles. The molecule has 4 N–H and O–H groups in total. The molecule has 0 atom stereocenters. The smallest absolute Gasteiger partial charge is 0.358 e. The third-order valence-corrected chi connectivity index (χ3v) is 1.73. The molecule has 0 saturated heterocycles. The molecule has 0 aliphatic carbocycles. The summed E-state index contributed by atoms with van der Waals surface area (Å²) < 4.78 is 44.5. The normalized spacial score (nSPS) is 14.9. The molecule has 9 heteroatoms. The molecule has 0 aromatic carbocycles. The van der Waals surface area contributed by atoms with Crippen LogP contribution >= 0.6 is 7.60 Å². The topological polar surface area (TPSA) is 98.0 Å². The number of halogens is 3. The SMILES string of the molecule is O=P(O)(O)CC(O)(O)C(F)(F)F. The summed E-state index contributed by atoms with van der Waals surface area (Å²) in [5.74, 6) is -4.34. The van der Waals surface area contributed by atoms with Gasteiger partial charge in [0.2, 0.25) is 0 Å². The van der Waals surface area contributed by atoms with E-state index >= 15 is 0 Å². The minimum absolute atomic E-state index is 2.07. The third kappa shape index (κ3) is 3.51. The Labute approximate surface area is 64.6 Å². The summed E-state index contributed by atoms with van der Waals surface area (Å²) in [5.41, 5.74) is 0. The molecule has 0 radical (unpaired) electrons. The average molecular weight is 210 g/mol. The van der Waals surface area contributed by atoms with E-state index in [2.05, 4.69) is 0 Å². The fraction of sp³-hybridized carbons (Fsp3) is 1.00. The molecule has 5 nitrogen and oxygen atoms in total. The van der Waals surface area contributed by atoms with Gasteiger partial charge in [0.1, 0.15) is 6.16 Å². The first-order valence-electron chi connectivity index (χ1n) is 2.52. The van der Waals surface area contributed by atoms with Gasteiger partial charge >= 0.3 is 13.8 Å². The van der Waals surface area contributed by atoms with Crippen molar-refractivity contribution in [2.45, 2.75) is 12.0 Å². The first kappa shape index (κ1) is 11.9. The predicted molar refractivity (Wildman–Crippen MR) is 30.1 cm³/mol. The van der Waals surface area contributed by atoms with Gasteiger partial charge in [-0.2, -0.15) is 13.2 Å². The zero-order chi connectivity index (χ0) is 10.2. The van der Waals surface area contributed by atoms with Crippen LogP contribution in [-0.4, -0.2) is 38.1 Å². The Balaban J connectivity index is 4.56. The molecule has 0 rings (SSSR count). The molecule has 0 bridgehead atoms. The summed E-state index contributed by atoms with van der Waals surface area (Å²) in [7, 11) is -5.10. The van der Waals surface area contributed by atoms with Crippen molar-refractivity contribution in [2.24, 2.45) is 0 Å². The Morgan fingerprint density at radius 2 is 1.50 bits per heavy atom. The minimum atomic E-state index is -5.48. The molecule has 0 fully saturated rings. The van der Waals surface area contributed by atoms with Crippen LogP contribution < -0.4 is 0 Å². The highest BCUT2D eigenvalue weighted by Crippen LogP contribution is 2.42. The van der Waals surface area contributed by atoms with E-state index in [-0.39, 0.29) is 0 Å². The van der Waals surface area contributed by atoms with Gasteiger partial charge in [-0.25, -0.2) is 0 Å². The van der Waals surface area contributed by atoms with Crippen LogP contribution in [0.4, 0.5) is 13.2 Å². The molecule has 0 saturated carbocycles. The fourth-order valence-electron chi connectivity index (χ4n) is 0.377. The van der Waals surface area contributed by atoms with Crippen molar-refractivity contribution in [3.63, 3.8) is 0 Å². The Bertz CT molecular complexity index is 204. The van der Waals surface area contributed by atoms with Crippen molar-refractivity contribution < 1.29 is 37.7 Å². The summed E-state index contributed by atoms with van der Waals surface area (Å²) >= 11 is 0. The predicted octanol–water partition coefficient (Wildman–Crippen LogP) is -0.593. The zero-order valence-corrected chi connectivity index (χ0v) is 6.38. The summed E-state index contributed by atoms with van der Waals surface area (Å²) in [5, 5.41) is 16.2. The van der Waals surface area contributed by atoms with Gasteiger partial charge in [-0.3, -0.25) is 4.57 Å². The first-order chi connectivity index (χ1) is 4.96. The number of hydrogen-bond acceptors (Lipinski definition) is 3. The molecule has 0 aliphatic rings. The number of aliphatic hydroxyl groups is 2. The maximum absolute atomic E-state index is 11.5. The Morgan fingerprint density at radius 1 is 1.17 bits per heavy atom. The van der Waals surface area contributed by atoms with E-state index in [0.29, 0.717) is 0 Å². The number of rotatable bonds is 2. The van der Waals surface area contributed by atoms with Gasteiger partial charge in [-0.15, -0.1) is 0 Å². The quantitative estimate of drug-likeness (QED) is 0.360. The van der Waals surface area contributed by atoms with Gasteiger partial charge in [-0.05, 0) is 0 Å². The maximum atomic E-state index is 11.5. The van der Waals surface area contributed by atoms with Crippen molar-refractivity contribution in [3.05, 3.63) is 0 Å². The lowest BCUT2D eigenvalue weighted by Crippen LogP contribution is -2.48. The van der Waals surface area contributed by atoms with Gasteiger partial charge in [0.05, 0.1) is 0 Å². The summed E-state index contributed by atoms with van der Waals surface area (Å²) in [4.78, 5) is 16.0. The van der Waals surface area contributed by atoms with Gasteiger partial charge in [0.15, 0.2) is 0 Å². The molecular formula is C3H6F3O5P. The van der Waals surface area contributed by atoms with Crippen molar-refractivity contribution in [2.75, 3.05) is 6.16 Å². The highest BCUT2D eigenvalue weighted by Gasteiger charge is 2.55. The van der Waals surface area contributed by atoms with Gasteiger partial charge in [0, 0.05) is 0 Å². The lowest BCUT2D eigenvalue weighted by atomic mass is 10.3. The van der Waals surface area contributed by atoms with Gasteiger partial charge < -0.3 is 20.0 Å². The average Bonchev–Trinajstić information content (AvgIpc) is 1.52. The molecule has 0 aliphatic heterocycles. The molecule has 0 heterocycles. The van der Waals surface area contributed by atoms with E-state index < -0.39 is 25.7 Å². The molecule has 0 spiro atoms. The molecule has 74 valence electrons. The molecule has 0 amide bonds. The Morgan fingerprint density at radius 3 is 1.58 bits per heavy atom. The van der Waals surface area contributed by atoms with Crippen LogP contribution in [0.1, 0.15) is 0 Å². The second-order valence-corrected chi connectivity index (χ2v) is 3.78. The number of hydrogen-bond donors (Lipinski definition) is 4. The Kier molecular flexibility index (Phi) is 2.93. The summed E-state index contributed by atoms with van der Waals surface area (Å²) in [6.45, 7) is 0. The third-order valence-electron chi connectivity index (χ3n) is 0.880. The van der Waals surface area contributed by atoms with Crippen molar-refractivity contribution in [1.29, 1.82) is 0 Å². The van der Waals surface area contributed by atoms with Gasteiger partial charge in [-0.1, -0.05) is 0 Å². The summed E-state index contributed by atoms with van der Waals surface area (Å²) in [6.07, 6.45) is -7.54. The van der Waals surface area contributed by atoms with E-state index in [9.17, 15) is 17.7 Å². The maximum Gasteiger partial charge on any atom is 0.443 e. The standard InChI is InChI=1S/C3H6F3O5P/c4-3(5,6)2(7,8)1-12(9,10)11/h7-8H,1H2,(H2,9,10,11). The van der Waals surface area contributed by atoms with Crippen molar-refractivity contribution in [3.8, 4) is 0 Å². The van der Waals surface area contributed by atoms with Crippen LogP contribution in [0.2, 0.25) is 0 Å². The van der Waals surface area contributed by atoms with E-state index in [0.717, 1.165) is 0 Å². The van der Waals surface area contributed by atoms with E-state index in [1.807, 2.05) is 0 Å². The van der Waals surface area contributed by atoms with Crippen molar-refractivity contribution in [1.82, 2.24) is 0 Å². The van der Waals surface area contributed by atoms with Crippen LogP contribution in [0, 0.1) is 0 Å². The van der Waals surface area contributed by atoms with E-state index in [4.69, 9.17) is 20.0 Å². The second-order valence-electron chi connectivity index (χ2n) is 2.14. The monoisotopic (exact) mass is 210 g/mol. The molecule has 0 aromatic rings. The van der Waals surface area contributed by atoms with Crippen LogP contribution in [0.5, 0.6) is 0 Å². The molecule has 12 heavy (non-hydrogen) atoms. The lowest BCUT2D eigenvalue weighted by Gasteiger charge is -2.24. The molecular weight excluding hydrogens is 204 g/mol.